The van der Waals surface area contributed by atoms with E-state index in [0.29, 0.717) is 11.2 Å². The summed E-state index contributed by atoms with van der Waals surface area (Å²) in [6, 6.07) is 0.693. The van der Waals surface area contributed by atoms with Crippen LogP contribution < -0.4 is 5.73 Å². The molecule has 2 atom stereocenters. The minimum atomic E-state index is 0. The zero-order valence-electron chi connectivity index (χ0n) is 11.7. The van der Waals surface area contributed by atoms with E-state index in [1.165, 1.54) is 24.1 Å². The highest BCUT2D eigenvalue weighted by Crippen LogP contribution is 2.30. The summed E-state index contributed by atoms with van der Waals surface area (Å²) in [5.74, 6) is 0.853. The molecule has 6 heteroatoms. The van der Waals surface area contributed by atoms with Gasteiger partial charge in [-0.2, -0.15) is 0 Å². The van der Waals surface area contributed by atoms with Crippen LogP contribution in [-0.4, -0.2) is 36.2 Å². The van der Waals surface area contributed by atoms with Crippen LogP contribution in [0.5, 0.6) is 0 Å². The first-order chi connectivity index (χ1) is 8.69. The Kier molecular flexibility index (Phi) is 7.07. The molecule has 1 saturated carbocycles. The molecule has 110 valence electrons. The van der Waals surface area contributed by atoms with Gasteiger partial charge in [-0.15, -0.1) is 23.7 Å². The van der Waals surface area contributed by atoms with Crippen LogP contribution in [0.15, 0.2) is 6.20 Å². The highest BCUT2D eigenvalue weighted by Gasteiger charge is 2.27. The first-order valence-corrected chi connectivity index (χ1v) is 7.44. The number of methoxy groups -OCH3 is 1. The molecule has 0 amide bonds. The fraction of sp³-hybridized carbons (Fsp3) is 0.769. The van der Waals surface area contributed by atoms with Crippen molar-refractivity contribution in [1.29, 1.82) is 0 Å². The summed E-state index contributed by atoms with van der Waals surface area (Å²) in [5.41, 5.74) is 5.69. The van der Waals surface area contributed by atoms with E-state index in [9.17, 15) is 0 Å². The van der Waals surface area contributed by atoms with Crippen LogP contribution in [0, 0.1) is 5.92 Å². The third-order valence-corrected chi connectivity index (χ3v) is 4.51. The van der Waals surface area contributed by atoms with E-state index in [0.717, 1.165) is 25.6 Å². The number of hydrogen-bond donors (Lipinski definition) is 1. The summed E-state index contributed by atoms with van der Waals surface area (Å²) in [4.78, 5) is 7.91. The number of nitrogens with two attached hydrogens (primary N) is 1. The fourth-order valence-electron chi connectivity index (χ4n) is 2.70. The number of halogens is 1. The molecule has 1 heterocycles. The Morgan fingerprint density at radius 1 is 1.53 bits per heavy atom. The van der Waals surface area contributed by atoms with Crippen molar-refractivity contribution in [2.24, 2.45) is 5.92 Å². The van der Waals surface area contributed by atoms with Gasteiger partial charge >= 0.3 is 0 Å². The zero-order valence-corrected chi connectivity index (χ0v) is 13.3. The Labute approximate surface area is 125 Å². The molecule has 4 nitrogen and oxygen atoms in total. The van der Waals surface area contributed by atoms with Crippen LogP contribution in [0.1, 0.15) is 31.1 Å². The monoisotopic (exact) mass is 305 g/mol. The normalized spacial score (nSPS) is 22.7. The first kappa shape index (κ1) is 16.7. The standard InChI is InChI=1S/C13H23N3OS.ClH/c1-10-3-4-11(7-10)16(5-6-17-2)9-12-8-15-13(14)18-12;/h8,10-11H,3-7,9H2,1-2H3,(H2,14,15);1H. The molecular formula is C13H24ClN3OS. The predicted molar refractivity (Wildman–Crippen MR) is 82.9 cm³/mol. The van der Waals surface area contributed by atoms with Crippen LogP contribution >= 0.6 is 23.7 Å². The van der Waals surface area contributed by atoms with Crippen molar-refractivity contribution >= 4 is 28.9 Å². The van der Waals surface area contributed by atoms with Gasteiger partial charge in [-0.1, -0.05) is 6.92 Å². The van der Waals surface area contributed by atoms with Crippen LogP contribution in [0.4, 0.5) is 5.13 Å². The largest absolute Gasteiger partial charge is 0.383 e. The molecule has 2 N–H and O–H groups in total. The second-order valence-corrected chi connectivity index (χ2v) is 6.35. The van der Waals surface area contributed by atoms with E-state index in [1.54, 1.807) is 18.4 Å². The summed E-state index contributed by atoms with van der Waals surface area (Å²) >= 11 is 1.59. The molecule has 0 saturated heterocycles. The van der Waals surface area contributed by atoms with Crippen molar-refractivity contribution in [2.75, 3.05) is 26.0 Å². The number of thiazole rings is 1. The maximum atomic E-state index is 5.69. The SMILES string of the molecule is COCCN(Cc1cnc(N)s1)C1CCC(C)C1.Cl. The van der Waals surface area contributed by atoms with Gasteiger partial charge in [0.1, 0.15) is 0 Å². The molecule has 1 aliphatic rings. The molecular weight excluding hydrogens is 282 g/mol. The topological polar surface area (TPSA) is 51.4 Å². The molecule has 1 aromatic rings. The van der Waals surface area contributed by atoms with Gasteiger partial charge in [0.05, 0.1) is 6.61 Å². The lowest BCUT2D eigenvalue weighted by Gasteiger charge is -2.28. The highest BCUT2D eigenvalue weighted by atomic mass is 35.5. The van der Waals surface area contributed by atoms with Gasteiger partial charge in [0.15, 0.2) is 5.13 Å². The number of hydrogen-bond acceptors (Lipinski definition) is 5. The maximum absolute atomic E-state index is 5.69. The summed E-state index contributed by atoms with van der Waals surface area (Å²) in [6.45, 7) is 5.08. The van der Waals surface area contributed by atoms with E-state index >= 15 is 0 Å². The Bertz CT molecular complexity index is 375. The minimum absolute atomic E-state index is 0. The van der Waals surface area contributed by atoms with Crippen molar-refractivity contribution in [3.05, 3.63) is 11.1 Å². The number of nitrogen functional groups attached to an aromatic ring is 1. The van der Waals surface area contributed by atoms with Crippen molar-refractivity contribution < 1.29 is 4.74 Å². The van der Waals surface area contributed by atoms with E-state index in [1.807, 2.05) is 6.20 Å². The number of aromatic nitrogens is 1. The summed E-state index contributed by atoms with van der Waals surface area (Å²) in [5, 5.41) is 0.663. The average Bonchev–Trinajstić information content (AvgIpc) is 2.93. The lowest BCUT2D eigenvalue weighted by Crippen LogP contribution is -2.35. The third-order valence-electron chi connectivity index (χ3n) is 3.70. The summed E-state index contributed by atoms with van der Waals surface area (Å²) in [7, 11) is 1.76. The predicted octanol–water partition coefficient (Wildman–Crippen LogP) is 2.78. The molecule has 0 aliphatic heterocycles. The fourth-order valence-corrected chi connectivity index (χ4v) is 3.41. The molecule has 1 fully saturated rings. The van der Waals surface area contributed by atoms with Crippen LogP contribution in [0.25, 0.3) is 0 Å². The van der Waals surface area contributed by atoms with Crippen LogP contribution in [0.2, 0.25) is 0 Å². The number of rotatable bonds is 6. The van der Waals surface area contributed by atoms with Gasteiger partial charge in [0.2, 0.25) is 0 Å². The Balaban J connectivity index is 0.00000180. The Morgan fingerprint density at radius 2 is 2.32 bits per heavy atom. The smallest absolute Gasteiger partial charge is 0.180 e. The maximum Gasteiger partial charge on any atom is 0.180 e. The Hall–Kier alpha value is -0.360. The molecule has 0 spiro atoms. The second-order valence-electron chi connectivity index (χ2n) is 5.20. The lowest BCUT2D eigenvalue weighted by molar-refractivity contribution is 0.115. The number of anilines is 1. The second kappa shape index (κ2) is 8.04. The summed E-state index contributed by atoms with van der Waals surface area (Å²) in [6.07, 6.45) is 5.86. The van der Waals surface area contributed by atoms with Gasteiger partial charge in [0, 0.05) is 37.3 Å². The van der Waals surface area contributed by atoms with Gasteiger partial charge in [-0.05, 0) is 25.2 Å². The van der Waals surface area contributed by atoms with E-state index in [4.69, 9.17) is 10.5 Å². The van der Waals surface area contributed by atoms with Crippen molar-refractivity contribution in [3.63, 3.8) is 0 Å². The van der Waals surface area contributed by atoms with Crippen molar-refractivity contribution in [2.45, 2.75) is 38.8 Å². The highest BCUT2D eigenvalue weighted by molar-refractivity contribution is 7.15. The average molecular weight is 306 g/mol. The van der Waals surface area contributed by atoms with Gasteiger partial charge in [0.25, 0.3) is 0 Å². The lowest BCUT2D eigenvalue weighted by atomic mass is 10.1. The van der Waals surface area contributed by atoms with Crippen molar-refractivity contribution in [3.8, 4) is 0 Å². The molecule has 19 heavy (non-hydrogen) atoms. The molecule has 2 rings (SSSR count). The van der Waals surface area contributed by atoms with Crippen LogP contribution in [-0.2, 0) is 11.3 Å². The quantitative estimate of drug-likeness (QED) is 0.878. The zero-order chi connectivity index (χ0) is 13.0. The Morgan fingerprint density at radius 3 is 2.84 bits per heavy atom. The van der Waals surface area contributed by atoms with Crippen molar-refractivity contribution in [1.82, 2.24) is 9.88 Å². The molecule has 0 bridgehead atoms. The molecule has 0 radical (unpaired) electrons. The van der Waals surface area contributed by atoms with E-state index in [2.05, 4.69) is 16.8 Å². The van der Waals surface area contributed by atoms with E-state index < -0.39 is 0 Å². The van der Waals surface area contributed by atoms with Gasteiger partial charge < -0.3 is 10.5 Å². The van der Waals surface area contributed by atoms with Gasteiger partial charge in [-0.25, -0.2) is 4.98 Å². The minimum Gasteiger partial charge on any atom is -0.383 e. The van der Waals surface area contributed by atoms with Crippen LogP contribution in [0.3, 0.4) is 0 Å². The molecule has 1 aromatic heterocycles. The summed E-state index contributed by atoms with van der Waals surface area (Å²) < 4.78 is 5.22. The van der Waals surface area contributed by atoms with E-state index in [-0.39, 0.29) is 12.4 Å². The molecule has 1 aliphatic carbocycles. The van der Waals surface area contributed by atoms with Gasteiger partial charge in [-0.3, -0.25) is 4.90 Å². The number of nitrogens with zero attached hydrogens (tertiary/aromatic N) is 2. The molecule has 0 aromatic carbocycles. The first-order valence-electron chi connectivity index (χ1n) is 6.62. The third kappa shape index (κ3) is 4.91. The molecule has 2 unspecified atom stereocenters. The number of ether oxygens (including phenoxy) is 1.